The van der Waals surface area contributed by atoms with Gasteiger partial charge in [0.2, 0.25) is 0 Å². The second kappa shape index (κ2) is 59.7. The lowest BCUT2D eigenvalue weighted by Crippen LogP contribution is -2.30. The number of phosphoric acid groups is 2. The zero-order chi connectivity index (χ0) is 62.8. The summed E-state index contributed by atoms with van der Waals surface area (Å²) in [4.78, 5) is 71.8. The molecule has 5 atom stereocenters. The fourth-order valence-electron chi connectivity index (χ4n) is 9.94. The van der Waals surface area contributed by atoms with Crippen molar-refractivity contribution in [2.75, 3.05) is 39.6 Å². The molecule has 504 valence electrons. The minimum Gasteiger partial charge on any atom is -0.462 e. The van der Waals surface area contributed by atoms with E-state index < -0.39 is 97.5 Å². The molecule has 0 fully saturated rings. The Balaban J connectivity index is 5.07. The summed E-state index contributed by atoms with van der Waals surface area (Å²) in [6, 6.07) is 0. The molecule has 2 unspecified atom stereocenters. The van der Waals surface area contributed by atoms with Gasteiger partial charge in [0, 0.05) is 25.7 Å². The second-order valence-corrected chi connectivity index (χ2v) is 27.2. The van der Waals surface area contributed by atoms with Crippen LogP contribution in [0.25, 0.3) is 0 Å². The molecule has 0 saturated heterocycles. The van der Waals surface area contributed by atoms with Crippen molar-refractivity contribution < 1.29 is 80.2 Å². The van der Waals surface area contributed by atoms with Crippen molar-refractivity contribution >= 4 is 39.5 Å². The van der Waals surface area contributed by atoms with Crippen molar-refractivity contribution in [3.05, 3.63) is 0 Å². The molecular weight excluding hydrogens is 1130 g/mol. The number of phosphoric ester groups is 2. The molecule has 0 rings (SSSR count). The van der Waals surface area contributed by atoms with Gasteiger partial charge >= 0.3 is 39.5 Å². The van der Waals surface area contributed by atoms with E-state index in [0.717, 1.165) is 102 Å². The molecule has 17 nitrogen and oxygen atoms in total. The number of hydrogen-bond acceptors (Lipinski definition) is 15. The van der Waals surface area contributed by atoms with Crippen LogP contribution < -0.4 is 0 Å². The standard InChI is InChI=1S/C66H128O17P2/c1-6-9-12-15-16-17-18-19-20-21-24-27-30-33-36-41-45-50-64(69)77-56-62(83-66(71)52-47-42-37-34-31-28-25-22-23-26-29-32-35-40-43-48-59(4)5)58-81-85(74,75)79-54-60(67)53-78-84(72,73)80-57-61(82-65(70)51-46-39-14-11-8-3)55-76-63(68)49-44-38-13-10-7-2/h59-62,67H,6-58H2,1-5H3,(H,72,73)(H,74,75)/t60-,61+,62+/m0/s1. The third kappa shape index (κ3) is 60.7. The average molecular weight is 1260 g/mol. The minimum absolute atomic E-state index is 0.0990. The first-order valence-corrected chi connectivity index (χ1v) is 37.6. The van der Waals surface area contributed by atoms with Crippen LogP contribution in [0.1, 0.15) is 336 Å². The maximum Gasteiger partial charge on any atom is 0.472 e. The first-order chi connectivity index (χ1) is 41.0. The highest BCUT2D eigenvalue weighted by Crippen LogP contribution is 2.45. The van der Waals surface area contributed by atoms with E-state index in [4.69, 9.17) is 37.0 Å². The maximum absolute atomic E-state index is 13.0. The number of aliphatic hydroxyl groups is 1. The molecule has 0 saturated carbocycles. The van der Waals surface area contributed by atoms with E-state index in [2.05, 4.69) is 34.6 Å². The van der Waals surface area contributed by atoms with Gasteiger partial charge in [-0.1, -0.05) is 285 Å². The number of ether oxygens (including phenoxy) is 4. The van der Waals surface area contributed by atoms with E-state index in [9.17, 15) is 43.2 Å². The molecule has 0 aromatic carbocycles. The number of hydrogen-bond donors (Lipinski definition) is 3. The lowest BCUT2D eigenvalue weighted by Gasteiger charge is -2.21. The first-order valence-electron chi connectivity index (χ1n) is 34.6. The molecule has 0 spiro atoms. The molecule has 0 aromatic rings. The molecule has 85 heavy (non-hydrogen) atoms. The van der Waals surface area contributed by atoms with Gasteiger partial charge in [-0.05, 0) is 31.6 Å². The Morgan fingerprint density at radius 1 is 0.318 bits per heavy atom. The summed E-state index contributed by atoms with van der Waals surface area (Å²) in [5, 5.41) is 10.5. The summed E-state index contributed by atoms with van der Waals surface area (Å²) in [5.74, 6) is -1.35. The minimum atomic E-state index is -4.94. The van der Waals surface area contributed by atoms with Crippen molar-refractivity contribution in [3.63, 3.8) is 0 Å². The Hall–Kier alpha value is -1.94. The van der Waals surface area contributed by atoms with E-state index in [1.165, 1.54) is 154 Å². The Morgan fingerprint density at radius 2 is 0.541 bits per heavy atom. The number of esters is 4. The number of rotatable bonds is 66. The van der Waals surface area contributed by atoms with Gasteiger partial charge < -0.3 is 33.8 Å². The zero-order valence-corrected chi connectivity index (χ0v) is 56.5. The van der Waals surface area contributed by atoms with Crippen LogP contribution in [0.4, 0.5) is 0 Å². The molecular formula is C66H128O17P2. The van der Waals surface area contributed by atoms with Crippen LogP contribution in [0.5, 0.6) is 0 Å². The summed E-state index contributed by atoms with van der Waals surface area (Å²) in [7, 11) is -9.87. The summed E-state index contributed by atoms with van der Waals surface area (Å²) in [5.41, 5.74) is 0. The molecule has 0 aliphatic heterocycles. The van der Waals surface area contributed by atoms with Crippen LogP contribution in [0, 0.1) is 5.92 Å². The largest absolute Gasteiger partial charge is 0.472 e. The van der Waals surface area contributed by atoms with Gasteiger partial charge in [-0.15, -0.1) is 0 Å². The highest BCUT2D eigenvalue weighted by molar-refractivity contribution is 7.47. The van der Waals surface area contributed by atoms with Gasteiger partial charge in [0.15, 0.2) is 12.2 Å². The molecule has 0 aliphatic rings. The molecule has 0 radical (unpaired) electrons. The SMILES string of the molecule is CCCCCCCCCCCCCCCCCCCC(=O)OC[C@H](COP(=O)(O)OC[C@@H](O)COP(=O)(O)OC[C@@H](COC(=O)CCCCCCC)OC(=O)CCCCCCC)OC(=O)CCCCCCCCCCCCCCCCCC(C)C. The normalized spacial score (nSPS) is 14.2. The third-order valence-corrected chi connectivity index (χ3v) is 17.2. The number of carbonyl (C=O) groups is 4. The van der Waals surface area contributed by atoms with Crippen LogP contribution in [-0.2, 0) is 65.4 Å². The molecule has 3 N–H and O–H groups in total. The molecule has 0 bridgehead atoms. The quantitative estimate of drug-likeness (QED) is 0.0222. The highest BCUT2D eigenvalue weighted by atomic mass is 31.2. The first kappa shape index (κ1) is 83.1. The topological polar surface area (TPSA) is 237 Å². The third-order valence-electron chi connectivity index (χ3n) is 15.3. The van der Waals surface area contributed by atoms with Gasteiger partial charge in [0.05, 0.1) is 26.4 Å². The highest BCUT2D eigenvalue weighted by Gasteiger charge is 2.30. The predicted octanol–water partition coefficient (Wildman–Crippen LogP) is 18.6. The molecule has 0 aliphatic carbocycles. The molecule has 0 heterocycles. The average Bonchev–Trinajstić information content (AvgIpc) is 3.55. The summed E-state index contributed by atoms with van der Waals surface area (Å²) in [6.07, 6.45) is 45.4. The van der Waals surface area contributed by atoms with Crippen LogP contribution in [0.2, 0.25) is 0 Å². The van der Waals surface area contributed by atoms with Crippen LogP contribution in [0.3, 0.4) is 0 Å². The van der Waals surface area contributed by atoms with E-state index in [1.54, 1.807) is 0 Å². The zero-order valence-electron chi connectivity index (χ0n) is 54.7. The van der Waals surface area contributed by atoms with Crippen molar-refractivity contribution in [2.24, 2.45) is 5.92 Å². The van der Waals surface area contributed by atoms with Crippen molar-refractivity contribution in [3.8, 4) is 0 Å². The van der Waals surface area contributed by atoms with Crippen LogP contribution >= 0.6 is 15.6 Å². The Labute approximate surface area is 517 Å². The van der Waals surface area contributed by atoms with Crippen LogP contribution in [-0.4, -0.2) is 96.7 Å². The monoisotopic (exact) mass is 1250 g/mol. The fourth-order valence-corrected chi connectivity index (χ4v) is 11.5. The van der Waals surface area contributed by atoms with Gasteiger partial charge in [-0.3, -0.25) is 37.3 Å². The van der Waals surface area contributed by atoms with Crippen LogP contribution in [0.15, 0.2) is 0 Å². The Morgan fingerprint density at radius 3 is 0.800 bits per heavy atom. The Kier molecular flexibility index (Phi) is 58.3. The Bertz CT molecular complexity index is 1650. The number of unbranched alkanes of at least 4 members (excludes halogenated alkanes) is 38. The van der Waals surface area contributed by atoms with Crippen molar-refractivity contribution in [2.45, 2.75) is 355 Å². The smallest absolute Gasteiger partial charge is 0.462 e. The summed E-state index contributed by atoms with van der Waals surface area (Å²) in [6.45, 7) is 7.06. The van der Waals surface area contributed by atoms with E-state index in [0.29, 0.717) is 25.7 Å². The molecule has 19 heteroatoms. The lowest BCUT2D eigenvalue weighted by molar-refractivity contribution is -0.161. The van der Waals surface area contributed by atoms with Crippen molar-refractivity contribution in [1.82, 2.24) is 0 Å². The lowest BCUT2D eigenvalue weighted by atomic mass is 10.0. The molecule has 0 amide bonds. The van der Waals surface area contributed by atoms with Gasteiger partial charge in [-0.2, -0.15) is 0 Å². The van der Waals surface area contributed by atoms with E-state index >= 15 is 0 Å². The number of carbonyl (C=O) groups excluding carboxylic acids is 4. The maximum atomic E-state index is 13.0. The summed E-state index contributed by atoms with van der Waals surface area (Å²) >= 11 is 0. The van der Waals surface area contributed by atoms with Gasteiger partial charge in [0.25, 0.3) is 0 Å². The number of aliphatic hydroxyl groups excluding tert-OH is 1. The second-order valence-electron chi connectivity index (χ2n) is 24.3. The predicted molar refractivity (Wildman–Crippen MR) is 340 cm³/mol. The van der Waals surface area contributed by atoms with Gasteiger partial charge in [-0.25, -0.2) is 9.13 Å². The van der Waals surface area contributed by atoms with Gasteiger partial charge in [0.1, 0.15) is 19.3 Å². The van der Waals surface area contributed by atoms with Crippen molar-refractivity contribution in [1.29, 1.82) is 0 Å². The van der Waals surface area contributed by atoms with E-state index in [1.807, 2.05) is 0 Å². The molecule has 0 aromatic heterocycles. The summed E-state index contributed by atoms with van der Waals surface area (Å²) < 4.78 is 67.6. The van der Waals surface area contributed by atoms with E-state index in [-0.39, 0.29) is 25.7 Å². The fraction of sp³-hybridized carbons (Fsp3) is 0.939.